The van der Waals surface area contributed by atoms with Crippen LogP contribution in [0.1, 0.15) is 12.5 Å². The number of hydrogen-bond acceptors (Lipinski definition) is 5. The minimum absolute atomic E-state index is 0.125. The van der Waals surface area contributed by atoms with Crippen LogP contribution in [0.4, 0.5) is 34.1 Å². The molecule has 0 spiro atoms. The van der Waals surface area contributed by atoms with Crippen LogP contribution in [-0.2, 0) is 5.41 Å². The Hall–Kier alpha value is -2.79. The van der Waals surface area contributed by atoms with E-state index in [1.165, 1.54) is 39.7 Å². The summed E-state index contributed by atoms with van der Waals surface area (Å²) in [6.07, 6.45) is 0.392. The van der Waals surface area contributed by atoms with Crippen LogP contribution in [0.2, 0.25) is 0 Å². The molecule has 30 heavy (non-hydrogen) atoms. The van der Waals surface area contributed by atoms with Crippen molar-refractivity contribution in [2.75, 3.05) is 33.7 Å². The van der Waals surface area contributed by atoms with Gasteiger partial charge in [0, 0.05) is 31.0 Å². The van der Waals surface area contributed by atoms with E-state index in [1.54, 1.807) is 0 Å². The molecule has 0 amide bonds. The molecule has 5 heteroatoms. The zero-order valence-electron chi connectivity index (χ0n) is 17.3. The number of nitrogens with zero attached hydrogens (tertiary/aromatic N) is 4. The van der Waals surface area contributed by atoms with Gasteiger partial charge >= 0.3 is 0 Å². The van der Waals surface area contributed by atoms with E-state index in [-0.39, 0.29) is 23.0 Å². The number of fused-ring (bicyclic) bond motifs is 9. The summed E-state index contributed by atoms with van der Waals surface area (Å²) in [6, 6.07) is 24.3. The maximum absolute atomic E-state index is 5.38. The Morgan fingerprint density at radius 2 is 1.17 bits per heavy atom. The van der Waals surface area contributed by atoms with Gasteiger partial charge in [0.05, 0.1) is 33.4 Å². The molecule has 0 saturated heterocycles. The highest BCUT2D eigenvalue weighted by molar-refractivity contribution is 7.81. The van der Waals surface area contributed by atoms with E-state index in [0.717, 1.165) is 0 Å². The summed E-state index contributed by atoms with van der Waals surface area (Å²) >= 11 is 5.38. The maximum Gasteiger partial charge on any atom is 0.119 e. The summed E-state index contributed by atoms with van der Waals surface area (Å²) in [7, 11) is 4.45. The van der Waals surface area contributed by atoms with Gasteiger partial charge in [-0.05, 0) is 36.4 Å². The van der Waals surface area contributed by atoms with E-state index in [1.807, 2.05) is 0 Å². The largest absolute Gasteiger partial charge is 0.351 e. The SMILES string of the molecule is CN1c2ccccc2N2c3cccc4c3C(C)(C(S)[C@H]12)[C@H]1N(C)c2ccccc2N41. The number of hydrogen-bond donors (Lipinski definition) is 1. The fraction of sp³-hybridized carbons (Fsp3) is 0.280. The molecule has 0 radical (unpaired) electrons. The minimum Gasteiger partial charge on any atom is -0.351 e. The molecule has 4 nitrogen and oxygen atoms in total. The summed E-state index contributed by atoms with van der Waals surface area (Å²) in [5, 5.41) is 0.135. The summed E-state index contributed by atoms with van der Waals surface area (Å²) in [5.74, 6) is 0. The first kappa shape index (κ1) is 16.9. The fourth-order valence-electron chi connectivity index (χ4n) is 6.61. The molecule has 2 unspecified atom stereocenters. The fourth-order valence-corrected chi connectivity index (χ4v) is 7.20. The van der Waals surface area contributed by atoms with Crippen molar-refractivity contribution in [3.63, 3.8) is 0 Å². The number of para-hydroxylation sites is 4. The van der Waals surface area contributed by atoms with Gasteiger partial charge in [-0.25, -0.2) is 0 Å². The van der Waals surface area contributed by atoms with Gasteiger partial charge in [-0.15, -0.1) is 0 Å². The lowest BCUT2D eigenvalue weighted by molar-refractivity contribution is 0.345. The predicted octanol–water partition coefficient (Wildman–Crippen LogP) is 5.10. The average molecular weight is 413 g/mol. The molecule has 0 aromatic heterocycles. The summed E-state index contributed by atoms with van der Waals surface area (Å²) in [4.78, 5) is 9.94. The van der Waals surface area contributed by atoms with Gasteiger partial charge in [-0.2, -0.15) is 12.6 Å². The molecule has 150 valence electrons. The third-order valence-electron chi connectivity index (χ3n) is 7.83. The van der Waals surface area contributed by atoms with Crippen LogP contribution in [0.25, 0.3) is 0 Å². The van der Waals surface area contributed by atoms with Gasteiger partial charge in [-0.1, -0.05) is 37.3 Å². The lowest BCUT2D eigenvalue weighted by atomic mass is 9.73. The molecule has 0 N–H and O–H groups in total. The van der Waals surface area contributed by atoms with Crippen LogP contribution in [-0.4, -0.2) is 31.7 Å². The highest BCUT2D eigenvalue weighted by atomic mass is 32.1. The summed E-state index contributed by atoms with van der Waals surface area (Å²) in [6.45, 7) is 2.42. The standard InChI is InChI=1S/C25H24N4S/c1-25-21-19(28-17-11-6-4-9-15(17)26(2)23(28)22(25)30)13-8-14-20(21)29-18-12-7-5-10-16(18)27(3)24(25)29/h4-14,22-24,30H,1-3H3/t22?,23-,24+,25?/m1/s1. The molecular weight excluding hydrogens is 388 g/mol. The Morgan fingerprint density at radius 1 is 0.667 bits per heavy atom. The van der Waals surface area contributed by atoms with E-state index >= 15 is 0 Å². The quantitative estimate of drug-likeness (QED) is 0.516. The molecule has 4 aliphatic rings. The second-order valence-electron chi connectivity index (χ2n) is 9.13. The van der Waals surface area contributed by atoms with Crippen molar-refractivity contribution in [1.29, 1.82) is 0 Å². The lowest BCUT2D eigenvalue weighted by Gasteiger charge is -2.51. The van der Waals surface area contributed by atoms with E-state index in [0.29, 0.717) is 0 Å². The molecule has 7 rings (SSSR count). The third-order valence-corrected chi connectivity index (χ3v) is 8.63. The van der Waals surface area contributed by atoms with Crippen molar-refractivity contribution in [3.8, 4) is 0 Å². The average Bonchev–Trinajstić information content (AvgIpc) is 3.35. The molecule has 0 bridgehead atoms. The Bertz CT molecular complexity index is 1220. The van der Waals surface area contributed by atoms with Crippen molar-refractivity contribution in [1.82, 2.24) is 0 Å². The van der Waals surface area contributed by atoms with Crippen molar-refractivity contribution in [2.24, 2.45) is 0 Å². The summed E-state index contributed by atoms with van der Waals surface area (Å²) in [5.41, 5.74) is 9.10. The van der Waals surface area contributed by atoms with Crippen molar-refractivity contribution >= 4 is 46.8 Å². The van der Waals surface area contributed by atoms with E-state index < -0.39 is 0 Å². The Balaban J connectivity index is 1.55. The van der Waals surface area contributed by atoms with Crippen LogP contribution < -0.4 is 19.6 Å². The first-order valence-electron chi connectivity index (χ1n) is 10.6. The lowest BCUT2D eigenvalue weighted by Crippen LogP contribution is -2.63. The number of likely N-dealkylation sites (N-methyl/N-ethyl adjacent to an activating group) is 1. The van der Waals surface area contributed by atoms with Crippen LogP contribution in [0.3, 0.4) is 0 Å². The Labute approximate surface area is 182 Å². The molecule has 3 aromatic carbocycles. The zero-order chi connectivity index (χ0) is 20.4. The molecule has 4 aliphatic heterocycles. The van der Waals surface area contributed by atoms with Crippen molar-refractivity contribution in [3.05, 3.63) is 72.3 Å². The number of anilines is 6. The van der Waals surface area contributed by atoms with Gasteiger partial charge < -0.3 is 19.6 Å². The summed E-state index contributed by atoms with van der Waals surface area (Å²) < 4.78 is 0. The molecule has 3 aromatic rings. The zero-order valence-corrected chi connectivity index (χ0v) is 18.2. The van der Waals surface area contributed by atoms with Gasteiger partial charge in [0.2, 0.25) is 0 Å². The Kier molecular flexibility index (Phi) is 2.98. The van der Waals surface area contributed by atoms with Crippen LogP contribution in [0.5, 0.6) is 0 Å². The highest BCUT2D eigenvalue weighted by Gasteiger charge is 2.64. The monoisotopic (exact) mass is 412 g/mol. The maximum atomic E-state index is 5.38. The molecule has 0 aliphatic carbocycles. The second kappa shape index (κ2) is 5.27. The molecule has 4 atom stereocenters. The van der Waals surface area contributed by atoms with Gasteiger partial charge in [0.15, 0.2) is 0 Å². The normalized spacial score (nSPS) is 29.5. The van der Waals surface area contributed by atoms with E-state index in [2.05, 4.69) is 107 Å². The Morgan fingerprint density at radius 3 is 1.83 bits per heavy atom. The first-order valence-corrected chi connectivity index (χ1v) is 11.1. The number of benzene rings is 3. The first-order chi connectivity index (χ1) is 14.5. The highest BCUT2D eigenvalue weighted by Crippen LogP contribution is 2.65. The van der Waals surface area contributed by atoms with Crippen LogP contribution >= 0.6 is 12.6 Å². The molecular formula is C25H24N4S. The molecule has 0 fully saturated rings. The van der Waals surface area contributed by atoms with Crippen LogP contribution in [0, 0.1) is 0 Å². The van der Waals surface area contributed by atoms with Crippen LogP contribution in [0.15, 0.2) is 66.7 Å². The van der Waals surface area contributed by atoms with Crippen molar-refractivity contribution < 1.29 is 0 Å². The topological polar surface area (TPSA) is 13.0 Å². The molecule has 4 heterocycles. The van der Waals surface area contributed by atoms with Gasteiger partial charge in [-0.3, -0.25) is 0 Å². The van der Waals surface area contributed by atoms with Gasteiger partial charge in [0.25, 0.3) is 0 Å². The number of thiol groups is 1. The van der Waals surface area contributed by atoms with E-state index in [9.17, 15) is 0 Å². The van der Waals surface area contributed by atoms with Gasteiger partial charge in [0.1, 0.15) is 12.3 Å². The van der Waals surface area contributed by atoms with E-state index in [4.69, 9.17) is 12.6 Å². The second-order valence-corrected chi connectivity index (χ2v) is 9.68. The molecule has 0 saturated carbocycles. The van der Waals surface area contributed by atoms with Crippen molar-refractivity contribution in [2.45, 2.75) is 29.9 Å². The smallest absolute Gasteiger partial charge is 0.119 e. The third kappa shape index (κ3) is 1.63. The predicted molar refractivity (Wildman–Crippen MR) is 128 cm³/mol. The minimum atomic E-state index is -0.125. The number of rotatable bonds is 0.